The minimum Gasteiger partial charge on any atom is -0.463 e. The fourth-order valence-electron chi connectivity index (χ4n) is 3.42. The van der Waals surface area contributed by atoms with E-state index in [1.54, 1.807) is 0 Å². The monoisotopic (exact) mass is 506 g/mol. The summed E-state index contributed by atoms with van der Waals surface area (Å²) >= 11 is 0. The lowest BCUT2D eigenvalue weighted by Crippen LogP contribution is -2.61. The summed E-state index contributed by atoms with van der Waals surface area (Å²) in [6.07, 6.45) is -6.22. The first-order chi connectivity index (χ1) is 17.0. The van der Waals surface area contributed by atoms with E-state index in [0.29, 0.717) is 0 Å². The smallest absolute Gasteiger partial charge is 0.303 e. The zero-order chi connectivity index (χ0) is 26.8. The zero-order valence-corrected chi connectivity index (χ0v) is 20.7. The third-order valence-corrected chi connectivity index (χ3v) is 4.89. The Morgan fingerprint density at radius 3 is 1.94 bits per heavy atom. The molecule has 2 rings (SSSR count). The molecule has 1 aromatic carbocycles. The van der Waals surface area contributed by atoms with Crippen molar-refractivity contribution in [2.75, 3.05) is 6.61 Å². The van der Waals surface area contributed by atoms with Gasteiger partial charge < -0.3 is 29.5 Å². The highest BCUT2D eigenvalue weighted by Crippen LogP contribution is 2.30. The molecule has 0 radical (unpaired) electrons. The van der Waals surface area contributed by atoms with E-state index in [9.17, 15) is 19.2 Å². The first kappa shape index (κ1) is 28.4. The molecule has 1 saturated heterocycles. The number of rotatable bonds is 8. The van der Waals surface area contributed by atoms with E-state index in [1.807, 2.05) is 31.2 Å². The summed E-state index contributed by atoms with van der Waals surface area (Å²) in [5, 5.41) is 11.8. The molecule has 2 N–H and O–H groups in total. The van der Waals surface area contributed by atoms with E-state index in [4.69, 9.17) is 29.5 Å². The van der Waals surface area contributed by atoms with Crippen LogP contribution in [0.25, 0.3) is 0 Å². The van der Waals surface area contributed by atoms with Gasteiger partial charge in [0.2, 0.25) is 6.23 Å². The molecule has 5 unspecified atom stereocenters. The van der Waals surface area contributed by atoms with Crippen LogP contribution in [-0.2, 0) is 49.3 Å². The second-order valence-electron chi connectivity index (χ2n) is 8.01. The molecular weight excluding hydrogens is 476 g/mol. The van der Waals surface area contributed by atoms with Crippen molar-refractivity contribution >= 4 is 29.7 Å². The third kappa shape index (κ3) is 8.73. The topological polar surface area (TPSA) is 178 Å². The van der Waals surface area contributed by atoms with E-state index in [-0.39, 0.29) is 18.9 Å². The summed E-state index contributed by atoms with van der Waals surface area (Å²) in [6.45, 7) is 6.16. The van der Waals surface area contributed by atoms with Gasteiger partial charge in [0.1, 0.15) is 12.7 Å². The lowest BCUT2D eigenvalue weighted by atomic mass is 9.97. The van der Waals surface area contributed by atoms with Crippen molar-refractivity contribution in [2.45, 2.75) is 71.7 Å². The van der Waals surface area contributed by atoms with E-state index < -0.39 is 54.5 Å². The predicted octanol–water partition coefficient (Wildman–Crippen LogP) is 1.35. The Balaban J connectivity index is 2.41. The van der Waals surface area contributed by atoms with Crippen molar-refractivity contribution < 1.29 is 42.9 Å². The molecule has 1 fully saturated rings. The number of hydrazone groups is 1. The molecule has 0 amide bonds. The number of hydrogen-bond acceptors (Lipinski definition) is 12. The molecule has 1 heterocycles. The number of nitrogens with zero attached hydrogens (tertiary/aromatic N) is 3. The molecular formula is C23H30N4O9. The van der Waals surface area contributed by atoms with Gasteiger partial charge in [-0.3, -0.25) is 19.2 Å². The number of nitrogens with two attached hydrogens (primary N) is 1. The van der Waals surface area contributed by atoms with Crippen LogP contribution < -0.4 is 5.84 Å². The molecule has 0 aromatic heterocycles. The zero-order valence-electron chi connectivity index (χ0n) is 20.7. The molecule has 0 bridgehead atoms. The second-order valence-corrected chi connectivity index (χ2v) is 8.01. The maximum atomic E-state index is 11.9. The molecule has 0 saturated carbocycles. The quantitative estimate of drug-likeness (QED) is 0.103. The van der Waals surface area contributed by atoms with Crippen LogP contribution >= 0.6 is 0 Å². The van der Waals surface area contributed by atoms with Crippen molar-refractivity contribution in [3.05, 3.63) is 35.4 Å². The summed E-state index contributed by atoms with van der Waals surface area (Å²) in [6, 6.07) is 7.59. The van der Waals surface area contributed by atoms with Gasteiger partial charge in [-0.25, -0.2) is 0 Å². The van der Waals surface area contributed by atoms with E-state index >= 15 is 0 Å². The Hall–Kier alpha value is -3.87. The number of aryl methyl sites for hydroxylation is 1. The molecule has 13 nitrogen and oxygen atoms in total. The third-order valence-electron chi connectivity index (χ3n) is 4.89. The van der Waals surface area contributed by atoms with Gasteiger partial charge in [0.25, 0.3) is 0 Å². The molecule has 1 aliphatic rings. The number of ether oxygens (including phenoxy) is 5. The SMILES string of the molecule is CC(=O)OCC1OC(N=NC(Cc2ccc(C)cc2)=NN)C(OC(C)=O)C(OC(C)=O)C1OC(C)=O. The highest BCUT2D eigenvalue weighted by molar-refractivity contribution is 5.84. The number of esters is 4. The maximum absolute atomic E-state index is 11.9. The fraction of sp³-hybridized carbons (Fsp3) is 0.522. The van der Waals surface area contributed by atoms with Crippen molar-refractivity contribution in [1.82, 2.24) is 0 Å². The van der Waals surface area contributed by atoms with Crippen LogP contribution in [0.2, 0.25) is 0 Å². The van der Waals surface area contributed by atoms with Gasteiger partial charge >= 0.3 is 23.9 Å². The van der Waals surface area contributed by atoms with Gasteiger partial charge in [0, 0.05) is 34.1 Å². The van der Waals surface area contributed by atoms with Gasteiger partial charge in [0.15, 0.2) is 24.1 Å². The summed E-state index contributed by atoms with van der Waals surface area (Å²) in [5.41, 5.74) is 1.94. The van der Waals surface area contributed by atoms with Gasteiger partial charge in [0.05, 0.1) is 0 Å². The minimum atomic E-state index is -1.36. The lowest BCUT2D eigenvalue weighted by Gasteiger charge is -2.42. The average molecular weight is 507 g/mol. The van der Waals surface area contributed by atoms with Gasteiger partial charge in [-0.15, -0.1) is 5.11 Å². The summed E-state index contributed by atoms with van der Waals surface area (Å²) in [5.74, 6) is 2.77. The number of amidine groups is 1. The standard InChI is InChI=1S/C23H30N4O9/c1-12-6-8-17(9-7-12)10-19(25-24)26-27-23-22(35-16(5)31)21(34-15(4)30)20(33-14(3)29)18(36-23)11-32-13(2)28/h6-9,18,20-23H,10-11,24H2,1-5H3. The second kappa shape index (κ2) is 13.3. The lowest BCUT2D eigenvalue weighted by molar-refractivity contribution is -0.251. The van der Waals surface area contributed by atoms with Crippen LogP contribution in [0.4, 0.5) is 0 Å². The average Bonchev–Trinajstić information content (AvgIpc) is 2.79. The van der Waals surface area contributed by atoms with Crippen molar-refractivity contribution in [3.8, 4) is 0 Å². The highest BCUT2D eigenvalue weighted by Gasteiger charge is 2.52. The van der Waals surface area contributed by atoms with Crippen LogP contribution in [0, 0.1) is 6.92 Å². The normalized spacial score (nSPS) is 24.1. The Kier molecular flexibility index (Phi) is 10.5. The first-order valence-electron chi connectivity index (χ1n) is 11.0. The van der Waals surface area contributed by atoms with Crippen LogP contribution in [-0.4, -0.2) is 67.0 Å². The van der Waals surface area contributed by atoms with Gasteiger partial charge in [-0.2, -0.15) is 10.2 Å². The summed E-state index contributed by atoms with van der Waals surface area (Å²) < 4.78 is 26.9. The summed E-state index contributed by atoms with van der Waals surface area (Å²) in [4.78, 5) is 46.9. The fourth-order valence-corrected chi connectivity index (χ4v) is 3.42. The molecule has 1 aliphatic heterocycles. The largest absolute Gasteiger partial charge is 0.463 e. The van der Waals surface area contributed by atoms with Crippen molar-refractivity contribution in [3.63, 3.8) is 0 Å². The first-order valence-corrected chi connectivity index (χ1v) is 11.0. The number of carbonyl (C=O) groups is 4. The molecule has 196 valence electrons. The molecule has 1 aromatic rings. The van der Waals surface area contributed by atoms with Crippen LogP contribution in [0.3, 0.4) is 0 Å². The van der Waals surface area contributed by atoms with Gasteiger partial charge in [-0.05, 0) is 12.5 Å². The minimum absolute atomic E-state index is 0.131. The van der Waals surface area contributed by atoms with E-state index in [1.165, 1.54) is 6.92 Å². The van der Waals surface area contributed by atoms with Crippen LogP contribution in [0.5, 0.6) is 0 Å². The Bertz CT molecular complexity index is 1010. The van der Waals surface area contributed by atoms with E-state index in [0.717, 1.165) is 31.9 Å². The molecule has 13 heteroatoms. The number of carbonyl (C=O) groups excluding carboxylic acids is 4. The predicted molar refractivity (Wildman–Crippen MR) is 123 cm³/mol. The Morgan fingerprint density at radius 1 is 0.861 bits per heavy atom. The highest BCUT2D eigenvalue weighted by atomic mass is 16.7. The molecule has 36 heavy (non-hydrogen) atoms. The Morgan fingerprint density at radius 2 is 1.42 bits per heavy atom. The molecule has 0 aliphatic carbocycles. The number of azo groups is 1. The van der Waals surface area contributed by atoms with Crippen LogP contribution in [0.1, 0.15) is 38.8 Å². The number of hydrogen-bond donors (Lipinski definition) is 1. The summed E-state index contributed by atoms with van der Waals surface area (Å²) in [7, 11) is 0. The molecule has 5 atom stereocenters. The van der Waals surface area contributed by atoms with Crippen LogP contribution in [0.15, 0.2) is 39.6 Å². The number of benzene rings is 1. The Labute approximate surface area is 207 Å². The van der Waals surface area contributed by atoms with E-state index in [2.05, 4.69) is 15.3 Å². The maximum Gasteiger partial charge on any atom is 0.303 e. The molecule has 0 spiro atoms. The van der Waals surface area contributed by atoms with Gasteiger partial charge in [-0.1, -0.05) is 29.8 Å². The van der Waals surface area contributed by atoms with Crippen molar-refractivity contribution in [1.29, 1.82) is 0 Å². The van der Waals surface area contributed by atoms with Crippen molar-refractivity contribution in [2.24, 2.45) is 21.2 Å².